The van der Waals surface area contributed by atoms with Crippen LogP contribution in [0.5, 0.6) is 0 Å². The van der Waals surface area contributed by atoms with Gasteiger partial charge in [-0.1, -0.05) is 30.3 Å². The third-order valence-electron chi connectivity index (χ3n) is 7.18. The maximum absolute atomic E-state index is 12.8. The molecule has 0 saturated carbocycles. The third kappa shape index (κ3) is 6.41. The van der Waals surface area contributed by atoms with Crippen LogP contribution in [0, 0.1) is 12.8 Å². The standard InChI is InChI=1S/C27H36N4O2/c1-20-17-22(18-21-5-3-2-4-6-21)19-25(29-20)23-9-15-31(16-10-23)26(32)11-14-30-12-7-24(8-13-30)27(28)33/h2-6,17,19,23-24H,7-16,18H2,1H3,(H2,28,33). The second-order valence-electron chi connectivity index (χ2n) is 9.63. The molecule has 0 spiro atoms. The Bertz CT molecular complexity index is 946. The number of rotatable bonds is 7. The lowest BCUT2D eigenvalue weighted by molar-refractivity contribution is -0.133. The predicted octanol–water partition coefficient (Wildman–Crippen LogP) is 3.27. The Kier molecular flexibility index (Phi) is 7.76. The minimum Gasteiger partial charge on any atom is -0.369 e. The van der Waals surface area contributed by atoms with Gasteiger partial charge in [-0.25, -0.2) is 0 Å². The Labute approximate surface area is 197 Å². The molecule has 0 aliphatic carbocycles. The molecule has 2 fully saturated rings. The van der Waals surface area contributed by atoms with Crippen LogP contribution in [0.3, 0.4) is 0 Å². The maximum atomic E-state index is 12.8. The summed E-state index contributed by atoms with van der Waals surface area (Å²) in [6.07, 6.45) is 5.03. The summed E-state index contributed by atoms with van der Waals surface area (Å²) in [5, 5.41) is 0. The van der Waals surface area contributed by atoms with Crippen LogP contribution in [-0.4, -0.2) is 59.3 Å². The van der Waals surface area contributed by atoms with Crippen molar-refractivity contribution in [3.8, 4) is 0 Å². The van der Waals surface area contributed by atoms with Crippen LogP contribution in [0.4, 0.5) is 0 Å². The van der Waals surface area contributed by atoms with Crippen molar-refractivity contribution in [3.63, 3.8) is 0 Å². The largest absolute Gasteiger partial charge is 0.369 e. The zero-order valence-electron chi connectivity index (χ0n) is 19.7. The van der Waals surface area contributed by atoms with Crippen LogP contribution in [0.1, 0.15) is 60.5 Å². The van der Waals surface area contributed by atoms with Crippen molar-refractivity contribution >= 4 is 11.8 Å². The predicted molar refractivity (Wildman–Crippen MR) is 130 cm³/mol. The van der Waals surface area contributed by atoms with Crippen LogP contribution >= 0.6 is 0 Å². The number of hydrogen-bond acceptors (Lipinski definition) is 4. The summed E-state index contributed by atoms with van der Waals surface area (Å²) in [4.78, 5) is 33.2. The molecule has 2 aromatic rings. The molecule has 6 heteroatoms. The van der Waals surface area contributed by atoms with Crippen molar-refractivity contribution in [1.82, 2.24) is 14.8 Å². The van der Waals surface area contributed by atoms with Crippen LogP contribution in [0.15, 0.2) is 42.5 Å². The van der Waals surface area contributed by atoms with Gasteiger partial charge in [0.25, 0.3) is 0 Å². The lowest BCUT2D eigenvalue weighted by Crippen LogP contribution is -2.42. The number of primary amides is 1. The van der Waals surface area contributed by atoms with Gasteiger partial charge in [-0.3, -0.25) is 14.6 Å². The fourth-order valence-electron chi connectivity index (χ4n) is 5.19. The van der Waals surface area contributed by atoms with Gasteiger partial charge in [0.2, 0.25) is 11.8 Å². The fourth-order valence-corrected chi connectivity index (χ4v) is 5.19. The van der Waals surface area contributed by atoms with E-state index in [9.17, 15) is 9.59 Å². The number of likely N-dealkylation sites (tertiary alicyclic amines) is 2. The van der Waals surface area contributed by atoms with E-state index in [-0.39, 0.29) is 17.7 Å². The van der Waals surface area contributed by atoms with Gasteiger partial charge in [0.1, 0.15) is 0 Å². The molecule has 4 rings (SSSR count). The number of aryl methyl sites for hydroxylation is 1. The Hall–Kier alpha value is -2.73. The number of nitrogens with two attached hydrogens (primary N) is 1. The van der Waals surface area contributed by atoms with Gasteiger partial charge in [0.15, 0.2) is 0 Å². The first-order valence-electron chi connectivity index (χ1n) is 12.3. The number of carbonyl (C=O) groups is 2. The van der Waals surface area contributed by atoms with Crippen LogP contribution in [-0.2, 0) is 16.0 Å². The molecule has 0 unspecified atom stereocenters. The molecule has 1 aromatic heterocycles. The van der Waals surface area contributed by atoms with Gasteiger partial charge < -0.3 is 15.5 Å². The Morgan fingerprint density at radius 3 is 2.33 bits per heavy atom. The zero-order valence-corrected chi connectivity index (χ0v) is 19.7. The van der Waals surface area contributed by atoms with E-state index in [1.165, 1.54) is 16.8 Å². The van der Waals surface area contributed by atoms with Crippen LogP contribution in [0.25, 0.3) is 0 Å². The van der Waals surface area contributed by atoms with Gasteiger partial charge >= 0.3 is 0 Å². The SMILES string of the molecule is Cc1cc(Cc2ccccc2)cc(C2CCN(C(=O)CCN3CCC(C(N)=O)CC3)CC2)n1. The summed E-state index contributed by atoms with van der Waals surface area (Å²) >= 11 is 0. The van der Waals surface area contributed by atoms with E-state index in [2.05, 4.69) is 48.2 Å². The van der Waals surface area contributed by atoms with Gasteiger partial charge in [0.05, 0.1) is 0 Å². The van der Waals surface area contributed by atoms with Crippen molar-refractivity contribution in [2.75, 3.05) is 32.7 Å². The van der Waals surface area contributed by atoms with Crippen LogP contribution in [0.2, 0.25) is 0 Å². The molecule has 0 radical (unpaired) electrons. The number of carbonyl (C=O) groups excluding carboxylic acids is 2. The van der Waals surface area contributed by atoms with Crippen molar-refractivity contribution in [2.24, 2.45) is 11.7 Å². The first-order chi connectivity index (χ1) is 16.0. The van der Waals surface area contributed by atoms with Gasteiger partial charge in [-0.2, -0.15) is 0 Å². The quantitative estimate of drug-likeness (QED) is 0.705. The van der Waals surface area contributed by atoms with E-state index in [0.717, 1.165) is 70.5 Å². The third-order valence-corrected chi connectivity index (χ3v) is 7.18. The summed E-state index contributed by atoms with van der Waals surface area (Å²) in [7, 11) is 0. The van der Waals surface area contributed by atoms with E-state index in [1.807, 2.05) is 11.0 Å². The Morgan fingerprint density at radius 1 is 0.970 bits per heavy atom. The van der Waals surface area contributed by atoms with E-state index in [1.54, 1.807) is 0 Å². The van der Waals surface area contributed by atoms with Gasteiger partial charge in [0, 0.05) is 49.3 Å². The minimum atomic E-state index is -0.191. The first-order valence-corrected chi connectivity index (χ1v) is 12.3. The molecule has 2 aliphatic rings. The highest BCUT2D eigenvalue weighted by molar-refractivity contribution is 5.77. The molecule has 2 amide bonds. The average Bonchev–Trinajstić information content (AvgIpc) is 2.83. The highest BCUT2D eigenvalue weighted by Crippen LogP contribution is 2.28. The normalized spacial score (nSPS) is 18.4. The molecule has 0 bridgehead atoms. The molecule has 3 heterocycles. The molecule has 2 saturated heterocycles. The second kappa shape index (κ2) is 10.9. The van der Waals surface area contributed by atoms with Gasteiger partial charge in [-0.15, -0.1) is 0 Å². The molecule has 1 aromatic carbocycles. The number of hydrogen-bond donors (Lipinski definition) is 1. The highest BCUT2D eigenvalue weighted by atomic mass is 16.2. The molecule has 2 N–H and O–H groups in total. The molecular formula is C27H36N4O2. The summed E-state index contributed by atoms with van der Waals surface area (Å²) < 4.78 is 0. The maximum Gasteiger partial charge on any atom is 0.223 e. The highest BCUT2D eigenvalue weighted by Gasteiger charge is 2.27. The van der Waals surface area contributed by atoms with Crippen LogP contribution < -0.4 is 5.73 Å². The second-order valence-corrected chi connectivity index (χ2v) is 9.63. The molecule has 0 atom stereocenters. The monoisotopic (exact) mass is 448 g/mol. The van der Waals surface area contributed by atoms with Crippen molar-refractivity contribution < 1.29 is 9.59 Å². The fraction of sp³-hybridized carbons (Fsp3) is 0.519. The summed E-state index contributed by atoms with van der Waals surface area (Å²) in [5.74, 6) is 0.465. The topological polar surface area (TPSA) is 79.5 Å². The Morgan fingerprint density at radius 2 is 1.67 bits per heavy atom. The number of pyridine rings is 1. The number of piperidine rings is 2. The molecule has 33 heavy (non-hydrogen) atoms. The lowest BCUT2D eigenvalue weighted by atomic mass is 9.91. The molecule has 176 valence electrons. The minimum absolute atomic E-state index is 0.000536. The smallest absolute Gasteiger partial charge is 0.223 e. The summed E-state index contributed by atoms with van der Waals surface area (Å²) in [6, 6.07) is 15.0. The number of aromatic nitrogens is 1. The molecule has 2 aliphatic heterocycles. The number of nitrogens with zero attached hydrogens (tertiary/aromatic N) is 3. The first kappa shape index (κ1) is 23.4. The van der Waals surface area contributed by atoms with E-state index in [4.69, 9.17) is 10.7 Å². The van der Waals surface area contributed by atoms with E-state index >= 15 is 0 Å². The zero-order chi connectivity index (χ0) is 23.2. The molecule has 6 nitrogen and oxygen atoms in total. The summed E-state index contributed by atoms with van der Waals surface area (Å²) in [5.41, 5.74) is 10.3. The lowest BCUT2D eigenvalue weighted by Gasteiger charge is -2.34. The van der Waals surface area contributed by atoms with Gasteiger partial charge in [-0.05, 0) is 75.4 Å². The number of benzene rings is 1. The van der Waals surface area contributed by atoms with Crippen molar-refractivity contribution in [3.05, 3.63) is 65.0 Å². The molecular weight excluding hydrogens is 412 g/mol. The van der Waals surface area contributed by atoms with E-state index in [0.29, 0.717) is 12.3 Å². The number of amides is 2. The van der Waals surface area contributed by atoms with E-state index < -0.39 is 0 Å². The summed E-state index contributed by atoms with van der Waals surface area (Å²) in [6.45, 7) is 6.16. The van der Waals surface area contributed by atoms with Crippen molar-refractivity contribution in [1.29, 1.82) is 0 Å². The van der Waals surface area contributed by atoms with Crippen molar-refractivity contribution in [2.45, 2.75) is 51.4 Å². The Balaban J connectivity index is 1.25. The average molecular weight is 449 g/mol.